The van der Waals surface area contributed by atoms with Gasteiger partial charge in [0.1, 0.15) is 10.6 Å². The van der Waals surface area contributed by atoms with E-state index >= 15 is 0 Å². The zero-order valence-corrected chi connectivity index (χ0v) is 14.0. The number of carbonyl (C=O) groups excluding carboxylic acids is 1. The minimum atomic E-state index is -3.71. The summed E-state index contributed by atoms with van der Waals surface area (Å²) in [4.78, 5) is 12.1. The number of nitrogens with one attached hydrogen (secondary N) is 2. The monoisotopic (exact) mass is 337 g/mol. The van der Waals surface area contributed by atoms with Crippen LogP contribution in [0, 0.1) is 20.8 Å². The fourth-order valence-corrected chi connectivity index (χ4v) is 3.57. The van der Waals surface area contributed by atoms with Crippen molar-refractivity contribution in [2.45, 2.75) is 25.7 Å². The number of aryl methyl sites for hydroxylation is 3. The van der Waals surface area contributed by atoms with Crippen molar-refractivity contribution in [3.8, 4) is 0 Å². The molecular formula is C15H19N3O4S. The maximum absolute atomic E-state index is 12.2. The summed E-state index contributed by atoms with van der Waals surface area (Å²) in [5.74, 6) is -0.00131. The zero-order valence-electron chi connectivity index (χ0n) is 13.2. The van der Waals surface area contributed by atoms with Gasteiger partial charge < -0.3 is 9.84 Å². The molecule has 0 saturated carbocycles. The predicted molar refractivity (Wildman–Crippen MR) is 84.7 cm³/mol. The summed E-state index contributed by atoms with van der Waals surface area (Å²) in [7, 11) is -3.71. The van der Waals surface area contributed by atoms with Crippen molar-refractivity contribution in [3.05, 3.63) is 46.8 Å². The summed E-state index contributed by atoms with van der Waals surface area (Å²) in [6.07, 6.45) is 0. The topological polar surface area (TPSA) is 101 Å². The van der Waals surface area contributed by atoms with E-state index in [1.807, 2.05) is 19.1 Å². The Kier molecular flexibility index (Phi) is 5.17. The van der Waals surface area contributed by atoms with Crippen molar-refractivity contribution in [2.24, 2.45) is 0 Å². The van der Waals surface area contributed by atoms with Crippen molar-refractivity contribution in [1.29, 1.82) is 0 Å². The van der Waals surface area contributed by atoms with E-state index in [1.54, 1.807) is 19.1 Å². The molecule has 0 saturated heterocycles. The minimum absolute atomic E-state index is 0.0442. The molecule has 1 amide bonds. The first-order valence-corrected chi connectivity index (χ1v) is 8.57. The lowest BCUT2D eigenvalue weighted by molar-refractivity contribution is 0.0953. The standard InChI is InChI=1S/C15H19N3O4S/c1-10-6-4-5-7-13(10)15(19)16-8-9-17-23(20,21)14-11(2)18-22-12(14)3/h4-7,17H,8-9H2,1-3H3,(H,16,19). The third kappa shape index (κ3) is 3.96. The van der Waals surface area contributed by atoms with E-state index in [1.165, 1.54) is 6.92 Å². The maximum Gasteiger partial charge on any atom is 0.251 e. The van der Waals surface area contributed by atoms with Crippen molar-refractivity contribution < 1.29 is 17.7 Å². The van der Waals surface area contributed by atoms with Gasteiger partial charge in [0.25, 0.3) is 5.91 Å². The van der Waals surface area contributed by atoms with Gasteiger partial charge in [-0.2, -0.15) is 0 Å². The molecule has 124 valence electrons. The second-order valence-electron chi connectivity index (χ2n) is 5.12. The molecule has 2 aromatic rings. The molecule has 0 atom stereocenters. The lowest BCUT2D eigenvalue weighted by atomic mass is 10.1. The quantitative estimate of drug-likeness (QED) is 0.774. The Balaban J connectivity index is 1.91. The second-order valence-corrected chi connectivity index (χ2v) is 6.83. The highest BCUT2D eigenvalue weighted by molar-refractivity contribution is 7.89. The maximum atomic E-state index is 12.2. The van der Waals surface area contributed by atoms with Crippen LogP contribution in [0.2, 0.25) is 0 Å². The number of amides is 1. The van der Waals surface area contributed by atoms with E-state index in [0.29, 0.717) is 11.3 Å². The molecule has 1 aromatic carbocycles. The van der Waals surface area contributed by atoms with E-state index < -0.39 is 10.0 Å². The number of hydrogen-bond acceptors (Lipinski definition) is 5. The lowest BCUT2D eigenvalue weighted by Crippen LogP contribution is -2.35. The fraction of sp³-hybridized carbons (Fsp3) is 0.333. The van der Waals surface area contributed by atoms with E-state index in [-0.39, 0.29) is 29.7 Å². The zero-order chi connectivity index (χ0) is 17.0. The smallest absolute Gasteiger partial charge is 0.251 e. The van der Waals surface area contributed by atoms with Gasteiger partial charge in [-0.15, -0.1) is 0 Å². The van der Waals surface area contributed by atoms with Crippen LogP contribution >= 0.6 is 0 Å². The first kappa shape index (κ1) is 17.2. The van der Waals surface area contributed by atoms with Crippen LogP contribution in [-0.4, -0.2) is 32.6 Å². The Bertz CT molecular complexity index is 792. The number of nitrogens with zero attached hydrogens (tertiary/aromatic N) is 1. The molecule has 0 aliphatic carbocycles. The summed E-state index contributed by atoms with van der Waals surface area (Å²) in [6, 6.07) is 7.19. The molecule has 7 nitrogen and oxygen atoms in total. The van der Waals surface area contributed by atoms with E-state index in [2.05, 4.69) is 15.2 Å². The second kappa shape index (κ2) is 6.93. The summed E-state index contributed by atoms with van der Waals surface area (Å²) >= 11 is 0. The molecule has 23 heavy (non-hydrogen) atoms. The molecule has 1 aromatic heterocycles. The highest BCUT2D eigenvalue weighted by Gasteiger charge is 2.23. The highest BCUT2D eigenvalue weighted by atomic mass is 32.2. The van der Waals surface area contributed by atoms with Crippen LogP contribution in [0.15, 0.2) is 33.7 Å². The van der Waals surface area contributed by atoms with Gasteiger partial charge in [0.05, 0.1) is 0 Å². The van der Waals surface area contributed by atoms with Crippen LogP contribution in [-0.2, 0) is 10.0 Å². The van der Waals surface area contributed by atoms with Crippen LogP contribution < -0.4 is 10.0 Å². The normalized spacial score (nSPS) is 11.4. The van der Waals surface area contributed by atoms with E-state index in [9.17, 15) is 13.2 Å². The molecule has 8 heteroatoms. The molecule has 0 spiro atoms. The Morgan fingerprint density at radius 1 is 1.17 bits per heavy atom. The largest absolute Gasteiger partial charge is 0.360 e. The van der Waals surface area contributed by atoms with Gasteiger partial charge in [-0.3, -0.25) is 4.79 Å². The number of sulfonamides is 1. The fourth-order valence-electron chi connectivity index (χ4n) is 2.21. The molecule has 2 rings (SSSR count). The Labute approximate surface area is 135 Å². The van der Waals surface area contributed by atoms with Gasteiger partial charge in [0.15, 0.2) is 5.76 Å². The van der Waals surface area contributed by atoms with Crippen molar-refractivity contribution >= 4 is 15.9 Å². The average Bonchev–Trinajstić information content (AvgIpc) is 2.83. The molecule has 2 N–H and O–H groups in total. The minimum Gasteiger partial charge on any atom is -0.360 e. The first-order chi connectivity index (χ1) is 10.8. The average molecular weight is 337 g/mol. The Morgan fingerprint density at radius 2 is 1.87 bits per heavy atom. The molecular weight excluding hydrogens is 318 g/mol. The number of aromatic nitrogens is 1. The summed E-state index contributed by atoms with van der Waals surface area (Å²) in [5, 5.41) is 6.31. The third-order valence-corrected chi connectivity index (χ3v) is 5.03. The highest BCUT2D eigenvalue weighted by Crippen LogP contribution is 2.18. The van der Waals surface area contributed by atoms with Gasteiger partial charge in [-0.25, -0.2) is 13.1 Å². The SMILES string of the molecule is Cc1ccccc1C(=O)NCCNS(=O)(=O)c1c(C)noc1C. The Hall–Kier alpha value is -2.19. The molecule has 0 fully saturated rings. The van der Waals surface area contributed by atoms with E-state index in [4.69, 9.17) is 4.52 Å². The molecule has 0 radical (unpaired) electrons. The van der Waals surface area contributed by atoms with Gasteiger partial charge in [-0.05, 0) is 32.4 Å². The Morgan fingerprint density at radius 3 is 2.48 bits per heavy atom. The lowest BCUT2D eigenvalue weighted by Gasteiger charge is -2.09. The summed E-state index contributed by atoms with van der Waals surface area (Å²) in [5.41, 5.74) is 1.74. The molecule has 1 heterocycles. The van der Waals surface area contributed by atoms with Crippen molar-refractivity contribution in [2.75, 3.05) is 13.1 Å². The van der Waals surface area contributed by atoms with Gasteiger partial charge in [0.2, 0.25) is 10.0 Å². The van der Waals surface area contributed by atoms with Crippen LogP contribution in [0.4, 0.5) is 0 Å². The number of carbonyl (C=O) groups is 1. The van der Waals surface area contributed by atoms with Gasteiger partial charge >= 0.3 is 0 Å². The number of benzene rings is 1. The summed E-state index contributed by atoms with van der Waals surface area (Å²) < 4.78 is 31.6. The molecule has 0 unspecified atom stereocenters. The third-order valence-electron chi connectivity index (χ3n) is 3.33. The van der Waals surface area contributed by atoms with Gasteiger partial charge in [0, 0.05) is 18.7 Å². The predicted octanol–water partition coefficient (Wildman–Crippen LogP) is 1.31. The van der Waals surface area contributed by atoms with Crippen LogP contribution in [0.1, 0.15) is 27.4 Å². The molecule has 0 bridgehead atoms. The van der Waals surface area contributed by atoms with Crippen molar-refractivity contribution in [3.63, 3.8) is 0 Å². The van der Waals surface area contributed by atoms with E-state index in [0.717, 1.165) is 5.56 Å². The first-order valence-electron chi connectivity index (χ1n) is 7.09. The van der Waals surface area contributed by atoms with Crippen LogP contribution in [0.3, 0.4) is 0 Å². The summed E-state index contributed by atoms with van der Waals surface area (Å²) in [6.45, 7) is 5.19. The molecule has 0 aliphatic heterocycles. The number of hydrogen-bond donors (Lipinski definition) is 2. The van der Waals surface area contributed by atoms with Crippen molar-refractivity contribution in [1.82, 2.24) is 15.2 Å². The van der Waals surface area contributed by atoms with Gasteiger partial charge in [-0.1, -0.05) is 23.4 Å². The molecule has 0 aliphatic rings. The van der Waals surface area contributed by atoms with Crippen LogP contribution in [0.5, 0.6) is 0 Å². The number of rotatable bonds is 6. The van der Waals surface area contributed by atoms with Crippen LogP contribution in [0.25, 0.3) is 0 Å².